The number of nitrogens with zero attached hydrogens (tertiary/aromatic N) is 3. The summed E-state index contributed by atoms with van der Waals surface area (Å²) in [5.41, 5.74) is 0.853. The van der Waals surface area contributed by atoms with Gasteiger partial charge in [0.05, 0.1) is 18.2 Å². The zero-order chi connectivity index (χ0) is 11.8. The summed E-state index contributed by atoms with van der Waals surface area (Å²) in [6.07, 6.45) is 8.05. The van der Waals surface area contributed by atoms with Crippen LogP contribution < -0.4 is 0 Å². The van der Waals surface area contributed by atoms with Crippen LogP contribution in [0.1, 0.15) is 42.8 Å². The van der Waals surface area contributed by atoms with Gasteiger partial charge in [-0.15, -0.1) is 11.6 Å². The number of alkyl halides is 1. The van der Waals surface area contributed by atoms with E-state index in [1.54, 1.807) is 12.5 Å². The Morgan fingerprint density at radius 2 is 2.12 bits per heavy atom. The first-order chi connectivity index (χ1) is 8.27. The van der Waals surface area contributed by atoms with Gasteiger partial charge in [-0.05, 0) is 25.7 Å². The van der Waals surface area contributed by atoms with Gasteiger partial charge in [-0.1, -0.05) is 0 Å². The molecule has 1 aliphatic heterocycles. The lowest BCUT2D eigenvalue weighted by atomic mass is 10.2. The molecule has 1 saturated heterocycles. The molecule has 1 aliphatic carbocycles. The molecule has 4 nitrogen and oxygen atoms in total. The molecule has 0 N–H and O–H groups in total. The summed E-state index contributed by atoms with van der Waals surface area (Å²) in [6, 6.07) is 0.514. The molecule has 0 aromatic carbocycles. The standard InChI is InChI=1S/C12H16ClN3O/c13-11(12(17)15-5-1-2-6-15)10-7-14-8-16(10)9-3-4-9/h7-9,11H,1-6H2. The largest absolute Gasteiger partial charge is 0.341 e. The molecule has 0 bridgehead atoms. The molecule has 2 aliphatic rings. The molecular weight excluding hydrogens is 238 g/mol. The summed E-state index contributed by atoms with van der Waals surface area (Å²) in [5, 5.41) is -0.573. The van der Waals surface area contributed by atoms with Crippen LogP contribution in [0, 0.1) is 0 Å². The van der Waals surface area contributed by atoms with Gasteiger partial charge in [0.25, 0.3) is 0 Å². The highest BCUT2D eigenvalue weighted by Crippen LogP contribution is 2.38. The van der Waals surface area contributed by atoms with E-state index in [9.17, 15) is 4.79 Å². The van der Waals surface area contributed by atoms with E-state index < -0.39 is 5.38 Å². The first-order valence-electron chi connectivity index (χ1n) is 6.22. The normalized spacial score (nSPS) is 21.8. The van der Waals surface area contributed by atoms with E-state index in [1.807, 2.05) is 4.90 Å². The van der Waals surface area contributed by atoms with E-state index in [-0.39, 0.29) is 5.91 Å². The summed E-state index contributed by atoms with van der Waals surface area (Å²) < 4.78 is 2.06. The van der Waals surface area contributed by atoms with Crippen LogP contribution >= 0.6 is 11.6 Å². The van der Waals surface area contributed by atoms with E-state index in [0.717, 1.165) is 31.6 Å². The van der Waals surface area contributed by atoms with Crippen molar-refractivity contribution in [2.24, 2.45) is 0 Å². The number of likely N-dealkylation sites (tertiary alicyclic amines) is 1. The third kappa shape index (κ3) is 2.06. The molecule has 1 atom stereocenters. The van der Waals surface area contributed by atoms with Gasteiger partial charge in [-0.2, -0.15) is 0 Å². The van der Waals surface area contributed by atoms with Gasteiger partial charge in [0.2, 0.25) is 5.91 Å². The number of hydrogen-bond donors (Lipinski definition) is 0. The smallest absolute Gasteiger partial charge is 0.246 e. The minimum Gasteiger partial charge on any atom is -0.341 e. The maximum atomic E-state index is 12.2. The molecule has 1 amide bonds. The quantitative estimate of drug-likeness (QED) is 0.774. The monoisotopic (exact) mass is 253 g/mol. The van der Waals surface area contributed by atoms with Crippen molar-refractivity contribution >= 4 is 17.5 Å². The Morgan fingerprint density at radius 3 is 2.76 bits per heavy atom. The predicted molar refractivity (Wildman–Crippen MR) is 64.9 cm³/mol. The Hall–Kier alpha value is -1.03. The fourth-order valence-electron chi connectivity index (χ4n) is 2.39. The maximum Gasteiger partial charge on any atom is 0.246 e. The lowest BCUT2D eigenvalue weighted by Crippen LogP contribution is -2.31. The molecule has 2 fully saturated rings. The van der Waals surface area contributed by atoms with Gasteiger partial charge in [0, 0.05) is 19.1 Å². The van der Waals surface area contributed by atoms with E-state index in [1.165, 1.54) is 12.8 Å². The topological polar surface area (TPSA) is 38.1 Å². The minimum atomic E-state index is -0.573. The number of halogens is 1. The highest BCUT2D eigenvalue weighted by atomic mass is 35.5. The number of aromatic nitrogens is 2. The molecule has 17 heavy (non-hydrogen) atoms. The molecular formula is C12H16ClN3O. The van der Waals surface area contributed by atoms with Crippen molar-refractivity contribution in [3.63, 3.8) is 0 Å². The molecule has 1 saturated carbocycles. The molecule has 0 spiro atoms. The Balaban J connectivity index is 1.77. The van der Waals surface area contributed by atoms with Crippen LogP contribution in [0.15, 0.2) is 12.5 Å². The minimum absolute atomic E-state index is 0.0339. The van der Waals surface area contributed by atoms with Crippen LogP contribution in [-0.2, 0) is 4.79 Å². The van der Waals surface area contributed by atoms with Crippen molar-refractivity contribution in [1.29, 1.82) is 0 Å². The number of carbonyl (C=O) groups excluding carboxylic acids is 1. The van der Waals surface area contributed by atoms with Gasteiger partial charge in [0.1, 0.15) is 0 Å². The van der Waals surface area contributed by atoms with E-state index in [2.05, 4.69) is 9.55 Å². The van der Waals surface area contributed by atoms with Gasteiger partial charge in [-0.3, -0.25) is 4.79 Å². The number of rotatable bonds is 3. The summed E-state index contributed by atoms with van der Waals surface area (Å²) in [4.78, 5) is 18.2. The Labute approximate surface area is 106 Å². The Bertz CT molecular complexity index is 421. The van der Waals surface area contributed by atoms with Crippen LogP contribution in [0.4, 0.5) is 0 Å². The van der Waals surface area contributed by atoms with E-state index in [4.69, 9.17) is 11.6 Å². The zero-order valence-corrected chi connectivity index (χ0v) is 10.4. The van der Waals surface area contributed by atoms with Crippen LogP contribution in [0.25, 0.3) is 0 Å². The van der Waals surface area contributed by atoms with Crippen molar-refractivity contribution in [2.75, 3.05) is 13.1 Å². The summed E-state index contributed by atoms with van der Waals surface area (Å²) in [7, 11) is 0. The fourth-order valence-corrected chi connectivity index (χ4v) is 2.70. The number of carbonyl (C=O) groups is 1. The molecule has 0 radical (unpaired) electrons. The van der Waals surface area contributed by atoms with E-state index in [0.29, 0.717) is 6.04 Å². The summed E-state index contributed by atoms with van der Waals surface area (Å²) >= 11 is 6.30. The second-order valence-electron chi connectivity index (χ2n) is 4.85. The predicted octanol–water partition coefficient (Wildman–Crippen LogP) is 2.12. The highest BCUT2D eigenvalue weighted by Gasteiger charge is 2.32. The second kappa shape index (κ2) is 4.33. The summed E-state index contributed by atoms with van der Waals surface area (Å²) in [5.74, 6) is 0.0339. The van der Waals surface area contributed by atoms with Gasteiger partial charge in [0.15, 0.2) is 5.38 Å². The number of amides is 1. The van der Waals surface area contributed by atoms with Crippen molar-refractivity contribution in [2.45, 2.75) is 37.1 Å². The molecule has 2 heterocycles. The Morgan fingerprint density at radius 1 is 1.41 bits per heavy atom. The molecule has 1 aromatic rings. The first kappa shape index (κ1) is 11.1. The van der Waals surface area contributed by atoms with Crippen molar-refractivity contribution in [1.82, 2.24) is 14.5 Å². The van der Waals surface area contributed by atoms with Crippen LogP contribution in [0.3, 0.4) is 0 Å². The number of hydrogen-bond acceptors (Lipinski definition) is 2. The van der Waals surface area contributed by atoms with Gasteiger partial charge >= 0.3 is 0 Å². The summed E-state index contributed by atoms with van der Waals surface area (Å²) in [6.45, 7) is 1.69. The lowest BCUT2D eigenvalue weighted by molar-refractivity contribution is -0.129. The van der Waals surface area contributed by atoms with Crippen LogP contribution in [-0.4, -0.2) is 33.4 Å². The van der Waals surface area contributed by atoms with Crippen LogP contribution in [0.5, 0.6) is 0 Å². The third-order valence-electron chi connectivity index (χ3n) is 3.53. The number of imidazole rings is 1. The van der Waals surface area contributed by atoms with Crippen LogP contribution in [0.2, 0.25) is 0 Å². The molecule has 1 unspecified atom stereocenters. The highest BCUT2D eigenvalue weighted by molar-refractivity contribution is 6.30. The van der Waals surface area contributed by atoms with Crippen molar-refractivity contribution in [3.8, 4) is 0 Å². The Kier molecular flexibility index (Phi) is 2.82. The molecule has 3 rings (SSSR count). The van der Waals surface area contributed by atoms with Crippen molar-refractivity contribution < 1.29 is 4.79 Å². The zero-order valence-electron chi connectivity index (χ0n) is 9.68. The lowest BCUT2D eigenvalue weighted by Gasteiger charge is -2.19. The average molecular weight is 254 g/mol. The fraction of sp³-hybridized carbons (Fsp3) is 0.667. The molecule has 92 valence electrons. The average Bonchev–Trinajstić information content (AvgIpc) is 2.86. The maximum absolute atomic E-state index is 12.2. The van der Waals surface area contributed by atoms with Crippen molar-refractivity contribution in [3.05, 3.63) is 18.2 Å². The van der Waals surface area contributed by atoms with Gasteiger partial charge < -0.3 is 9.47 Å². The molecule has 1 aromatic heterocycles. The van der Waals surface area contributed by atoms with Gasteiger partial charge in [-0.25, -0.2) is 4.98 Å². The third-order valence-corrected chi connectivity index (χ3v) is 3.94. The first-order valence-corrected chi connectivity index (χ1v) is 6.65. The van der Waals surface area contributed by atoms with E-state index >= 15 is 0 Å². The SMILES string of the molecule is O=C(C(Cl)c1cncn1C1CC1)N1CCCC1. The molecule has 5 heteroatoms. The second-order valence-corrected chi connectivity index (χ2v) is 5.29.